The quantitative estimate of drug-likeness (QED) is 0.0665. The van der Waals surface area contributed by atoms with Crippen LogP contribution in [0.2, 0.25) is 0 Å². The van der Waals surface area contributed by atoms with Crippen LogP contribution in [0.25, 0.3) is 0 Å². The summed E-state index contributed by atoms with van der Waals surface area (Å²) in [6.07, 6.45) is 35.4. The van der Waals surface area contributed by atoms with E-state index in [4.69, 9.17) is 9.84 Å². The maximum atomic E-state index is 12.6. The molecule has 0 radical (unpaired) electrons. The highest BCUT2D eigenvalue weighted by atomic mass is 16.5. The lowest BCUT2D eigenvalue weighted by Crippen LogP contribution is -2.18. The van der Waals surface area contributed by atoms with Crippen molar-refractivity contribution in [2.24, 2.45) is 0 Å². The largest absolute Gasteiger partial charge is 0.481 e. The lowest BCUT2D eigenvalue weighted by Gasteiger charge is -2.18. The minimum Gasteiger partial charge on any atom is -0.481 e. The molecule has 0 saturated carbocycles. The van der Waals surface area contributed by atoms with Gasteiger partial charge in [-0.3, -0.25) is 9.59 Å². The molecule has 0 aromatic rings. The lowest BCUT2D eigenvalue weighted by molar-refractivity contribution is -0.150. The maximum Gasteiger partial charge on any atom is 0.306 e. The topological polar surface area (TPSA) is 63.6 Å². The molecule has 0 aliphatic carbocycles. The minimum absolute atomic E-state index is 0.0142. The summed E-state index contributed by atoms with van der Waals surface area (Å²) in [5.74, 6) is -0.676. The van der Waals surface area contributed by atoms with Crippen LogP contribution in [0.1, 0.15) is 206 Å². The third-order valence-electron chi connectivity index (χ3n) is 8.08. The molecule has 0 spiro atoms. The minimum atomic E-state index is -0.691. The van der Waals surface area contributed by atoms with Crippen molar-refractivity contribution in [3.63, 3.8) is 0 Å². The molecule has 0 rings (SSSR count). The second-order valence-electron chi connectivity index (χ2n) is 12.1. The van der Waals surface area contributed by atoms with Gasteiger partial charge in [-0.1, -0.05) is 155 Å². The number of unbranched alkanes of at least 4 members (excludes halogenated alkanes) is 23. The van der Waals surface area contributed by atoms with Gasteiger partial charge in [0.1, 0.15) is 6.10 Å². The summed E-state index contributed by atoms with van der Waals surface area (Å²) in [4.78, 5) is 23.2. The van der Waals surface area contributed by atoms with E-state index >= 15 is 0 Å². The number of carboxylic acid groups (broad SMARTS) is 1. The summed E-state index contributed by atoms with van der Waals surface area (Å²) >= 11 is 0. The van der Waals surface area contributed by atoms with Crippen molar-refractivity contribution >= 4 is 11.9 Å². The molecule has 0 heterocycles. The van der Waals surface area contributed by atoms with Gasteiger partial charge < -0.3 is 9.84 Å². The van der Waals surface area contributed by atoms with Gasteiger partial charge in [0, 0.05) is 12.8 Å². The predicted octanol–water partition coefficient (Wildman–Crippen LogP) is 11.7. The van der Waals surface area contributed by atoms with E-state index in [0.29, 0.717) is 6.42 Å². The highest BCUT2D eigenvalue weighted by Gasteiger charge is 2.14. The molecule has 4 heteroatoms. The average Bonchev–Trinajstić information content (AvgIpc) is 2.91. The van der Waals surface area contributed by atoms with E-state index in [-0.39, 0.29) is 18.5 Å². The SMILES string of the molecule is CCCCCCCCCCCCCCC(=O)OC(CCCCCCCCCC)CCCCCCCCC(=O)O. The number of aliphatic carboxylic acids is 1. The molecule has 0 aliphatic heterocycles. The highest BCUT2D eigenvalue weighted by Crippen LogP contribution is 2.19. The standard InChI is InChI=1S/C35H68O4/c1-3-5-7-9-11-13-14-15-16-18-24-28-32-35(38)39-33(29-25-21-17-12-10-8-6-4-2)30-26-22-19-20-23-27-31-34(36)37/h33H,3-32H2,1-2H3,(H,36,37). The van der Waals surface area contributed by atoms with E-state index in [1.165, 1.54) is 116 Å². The summed E-state index contributed by atoms with van der Waals surface area (Å²) in [7, 11) is 0. The predicted molar refractivity (Wildman–Crippen MR) is 167 cm³/mol. The van der Waals surface area contributed by atoms with Crippen LogP contribution < -0.4 is 0 Å². The maximum absolute atomic E-state index is 12.6. The molecule has 0 amide bonds. The van der Waals surface area contributed by atoms with Gasteiger partial charge in [0.15, 0.2) is 0 Å². The van der Waals surface area contributed by atoms with Crippen LogP contribution in [0.15, 0.2) is 0 Å². The molecule has 0 aromatic heterocycles. The number of carbonyl (C=O) groups excluding carboxylic acids is 1. The molecule has 39 heavy (non-hydrogen) atoms. The Bertz CT molecular complexity index is 519. The van der Waals surface area contributed by atoms with Gasteiger partial charge in [-0.25, -0.2) is 0 Å². The summed E-state index contributed by atoms with van der Waals surface area (Å²) < 4.78 is 5.98. The summed E-state index contributed by atoms with van der Waals surface area (Å²) in [6.45, 7) is 4.54. The first kappa shape index (κ1) is 37.9. The van der Waals surface area contributed by atoms with Crippen molar-refractivity contribution in [1.29, 1.82) is 0 Å². The van der Waals surface area contributed by atoms with E-state index in [2.05, 4.69) is 13.8 Å². The first-order chi connectivity index (χ1) is 19.1. The van der Waals surface area contributed by atoms with Crippen molar-refractivity contribution in [2.45, 2.75) is 213 Å². The van der Waals surface area contributed by atoms with Gasteiger partial charge in [-0.15, -0.1) is 0 Å². The Labute approximate surface area is 243 Å². The van der Waals surface area contributed by atoms with Crippen molar-refractivity contribution in [3.05, 3.63) is 0 Å². The summed E-state index contributed by atoms with van der Waals surface area (Å²) in [5, 5.41) is 8.75. The van der Waals surface area contributed by atoms with Crippen molar-refractivity contribution in [1.82, 2.24) is 0 Å². The molecule has 0 saturated heterocycles. The molecule has 1 atom stereocenters. The molecule has 0 bridgehead atoms. The third-order valence-corrected chi connectivity index (χ3v) is 8.08. The Hall–Kier alpha value is -1.06. The fourth-order valence-electron chi connectivity index (χ4n) is 5.48. The molecular weight excluding hydrogens is 484 g/mol. The Balaban J connectivity index is 4.00. The van der Waals surface area contributed by atoms with E-state index < -0.39 is 5.97 Å². The summed E-state index contributed by atoms with van der Waals surface area (Å²) in [5.41, 5.74) is 0. The van der Waals surface area contributed by atoms with E-state index in [1.54, 1.807) is 0 Å². The van der Waals surface area contributed by atoms with Gasteiger partial charge >= 0.3 is 11.9 Å². The normalized spacial score (nSPS) is 12.1. The van der Waals surface area contributed by atoms with Gasteiger partial charge in [-0.05, 0) is 38.5 Å². The molecular formula is C35H68O4. The first-order valence-electron chi connectivity index (χ1n) is 17.5. The van der Waals surface area contributed by atoms with Crippen molar-refractivity contribution < 1.29 is 19.4 Å². The number of carbonyl (C=O) groups is 2. The van der Waals surface area contributed by atoms with Crippen molar-refractivity contribution in [3.8, 4) is 0 Å². The number of ether oxygens (including phenoxy) is 1. The molecule has 0 fully saturated rings. The number of carboxylic acids is 1. The van der Waals surface area contributed by atoms with E-state index in [1.807, 2.05) is 0 Å². The molecule has 4 nitrogen and oxygen atoms in total. The molecule has 1 N–H and O–H groups in total. The van der Waals surface area contributed by atoms with Crippen LogP contribution in [0.5, 0.6) is 0 Å². The Morgan fingerprint density at radius 2 is 0.769 bits per heavy atom. The molecule has 0 aromatic carbocycles. The van der Waals surface area contributed by atoms with Gasteiger partial charge in [-0.2, -0.15) is 0 Å². The van der Waals surface area contributed by atoms with Gasteiger partial charge in [0.2, 0.25) is 0 Å². The van der Waals surface area contributed by atoms with Crippen LogP contribution in [0.3, 0.4) is 0 Å². The monoisotopic (exact) mass is 553 g/mol. The fraction of sp³-hybridized carbons (Fsp3) is 0.943. The zero-order valence-corrected chi connectivity index (χ0v) is 26.5. The lowest BCUT2D eigenvalue weighted by atomic mass is 10.0. The molecule has 1 unspecified atom stereocenters. The number of esters is 1. The van der Waals surface area contributed by atoms with Gasteiger partial charge in [0.25, 0.3) is 0 Å². The van der Waals surface area contributed by atoms with Crippen LogP contribution in [-0.4, -0.2) is 23.1 Å². The molecule has 0 aliphatic rings. The zero-order valence-electron chi connectivity index (χ0n) is 26.5. The highest BCUT2D eigenvalue weighted by molar-refractivity contribution is 5.69. The summed E-state index contributed by atoms with van der Waals surface area (Å²) in [6, 6.07) is 0. The van der Waals surface area contributed by atoms with Crippen molar-refractivity contribution in [2.75, 3.05) is 0 Å². The average molecular weight is 553 g/mol. The van der Waals surface area contributed by atoms with E-state index in [9.17, 15) is 9.59 Å². The van der Waals surface area contributed by atoms with Crippen LogP contribution >= 0.6 is 0 Å². The second-order valence-corrected chi connectivity index (χ2v) is 12.1. The van der Waals surface area contributed by atoms with Gasteiger partial charge in [0.05, 0.1) is 0 Å². The fourth-order valence-corrected chi connectivity index (χ4v) is 5.48. The number of hydrogen-bond donors (Lipinski definition) is 1. The van der Waals surface area contributed by atoms with Crippen LogP contribution in [0, 0.1) is 0 Å². The van der Waals surface area contributed by atoms with E-state index in [0.717, 1.165) is 64.2 Å². The number of hydrogen-bond acceptors (Lipinski definition) is 3. The zero-order chi connectivity index (χ0) is 28.7. The Kier molecular flexibility index (Phi) is 30.6. The van der Waals surface area contributed by atoms with Crippen LogP contribution in [0.4, 0.5) is 0 Å². The third kappa shape index (κ3) is 31.3. The Morgan fingerprint density at radius 1 is 0.462 bits per heavy atom. The Morgan fingerprint density at radius 3 is 1.13 bits per heavy atom. The first-order valence-corrected chi connectivity index (χ1v) is 17.5. The smallest absolute Gasteiger partial charge is 0.306 e. The second kappa shape index (κ2) is 31.5. The molecule has 232 valence electrons. The van der Waals surface area contributed by atoms with Crippen LogP contribution in [-0.2, 0) is 14.3 Å². The number of rotatable bonds is 32.